The first kappa shape index (κ1) is 24.3. The summed E-state index contributed by atoms with van der Waals surface area (Å²) in [7, 11) is 0. The molecule has 35 heavy (non-hydrogen) atoms. The van der Waals surface area contributed by atoms with Crippen molar-refractivity contribution >= 4 is 5.71 Å². The third-order valence-corrected chi connectivity index (χ3v) is 5.75. The van der Waals surface area contributed by atoms with Gasteiger partial charge in [-0.05, 0) is 92.1 Å². The highest BCUT2D eigenvalue weighted by molar-refractivity contribution is 6.01. The van der Waals surface area contributed by atoms with Crippen LogP contribution in [0.15, 0.2) is 84.0 Å². The number of nitrogens with zero attached hydrogens (tertiary/aromatic N) is 2. The van der Waals surface area contributed by atoms with Gasteiger partial charge in [0.1, 0.15) is 12.4 Å². The van der Waals surface area contributed by atoms with Gasteiger partial charge in [0, 0.05) is 16.9 Å². The van der Waals surface area contributed by atoms with E-state index in [-0.39, 0.29) is 12.4 Å². The molecule has 0 N–H and O–H groups in total. The molecule has 0 radical (unpaired) electrons. The molecule has 3 nitrogen and oxygen atoms in total. The monoisotopic (exact) mass is 480 g/mol. The van der Waals surface area contributed by atoms with Crippen molar-refractivity contribution in [1.29, 1.82) is 0 Å². The topological polar surface area (TPSA) is 26.5 Å². The molecule has 0 amide bonds. The van der Waals surface area contributed by atoms with Crippen LogP contribution in [-0.4, -0.2) is 10.3 Å². The predicted octanol–water partition coefficient (Wildman–Crippen LogP) is 7.86. The average Bonchev–Trinajstić information content (AvgIpc) is 3.16. The fourth-order valence-electron chi connectivity index (χ4n) is 3.95. The number of rotatable bonds is 6. The first-order valence-electron chi connectivity index (χ1n) is 11.0. The Balaban J connectivity index is 1.64. The van der Waals surface area contributed by atoms with Gasteiger partial charge in [-0.25, -0.2) is 4.39 Å². The van der Waals surface area contributed by atoms with Crippen molar-refractivity contribution in [2.75, 3.05) is 0 Å². The second kappa shape index (κ2) is 9.78. The summed E-state index contributed by atoms with van der Waals surface area (Å²) >= 11 is 0. The Morgan fingerprint density at radius 1 is 0.914 bits per heavy atom. The van der Waals surface area contributed by atoms with Gasteiger partial charge in [-0.15, -0.1) is 0 Å². The van der Waals surface area contributed by atoms with E-state index in [0.717, 1.165) is 45.9 Å². The normalized spacial score (nSPS) is 12.1. The average molecular weight is 481 g/mol. The maximum absolute atomic E-state index is 13.6. The maximum Gasteiger partial charge on any atom is 0.416 e. The summed E-state index contributed by atoms with van der Waals surface area (Å²) in [5.41, 5.74) is 6.05. The molecule has 1 heterocycles. The fourth-order valence-corrected chi connectivity index (χ4v) is 3.95. The first-order valence-corrected chi connectivity index (χ1v) is 11.0. The van der Waals surface area contributed by atoms with Crippen LogP contribution in [0.4, 0.5) is 17.6 Å². The van der Waals surface area contributed by atoms with Crippen molar-refractivity contribution in [3.8, 4) is 16.9 Å². The van der Waals surface area contributed by atoms with Crippen LogP contribution in [-0.2, 0) is 17.6 Å². The summed E-state index contributed by atoms with van der Waals surface area (Å²) in [6, 6.07) is 21.1. The van der Waals surface area contributed by atoms with E-state index >= 15 is 0 Å². The second-order valence-electron chi connectivity index (χ2n) is 8.35. The Morgan fingerprint density at radius 3 is 2.23 bits per heavy atom. The molecule has 4 rings (SSSR count). The summed E-state index contributed by atoms with van der Waals surface area (Å²) in [5.74, 6) is -0.311. The van der Waals surface area contributed by atoms with Gasteiger partial charge in [0.2, 0.25) is 0 Å². The summed E-state index contributed by atoms with van der Waals surface area (Å²) in [4.78, 5) is 5.46. The van der Waals surface area contributed by atoms with Crippen molar-refractivity contribution in [3.63, 3.8) is 0 Å². The van der Waals surface area contributed by atoms with E-state index in [4.69, 9.17) is 4.84 Å². The molecule has 7 heteroatoms. The van der Waals surface area contributed by atoms with E-state index in [1.165, 1.54) is 24.3 Å². The first-order chi connectivity index (χ1) is 16.6. The van der Waals surface area contributed by atoms with Crippen LogP contribution in [0, 0.1) is 19.7 Å². The van der Waals surface area contributed by atoms with Gasteiger partial charge in [-0.2, -0.15) is 13.2 Å². The van der Waals surface area contributed by atoms with Crippen LogP contribution in [0.5, 0.6) is 0 Å². The lowest BCUT2D eigenvalue weighted by Gasteiger charge is -2.13. The van der Waals surface area contributed by atoms with Crippen LogP contribution in [0.3, 0.4) is 0 Å². The Kier molecular flexibility index (Phi) is 6.78. The maximum atomic E-state index is 13.6. The number of hydrogen-bond donors (Lipinski definition) is 0. The Labute approximate surface area is 201 Å². The van der Waals surface area contributed by atoms with Gasteiger partial charge in [0.25, 0.3) is 0 Å². The highest BCUT2D eigenvalue weighted by atomic mass is 19.4. The van der Waals surface area contributed by atoms with Crippen LogP contribution in [0.1, 0.15) is 34.9 Å². The largest absolute Gasteiger partial charge is 0.416 e. The van der Waals surface area contributed by atoms with Crippen LogP contribution >= 0.6 is 0 Å². The van der Waals surface area contributed by atoms with E-state index in [2.05, 4.69) is 15.8 Å². The van der Waals surface area contributed by atoms with Gasteiger partial charge >= 0.3 is 6.18 Å². The highest BCUT2D eigenvalue weighted by Gasteiger charge is 2.29. The Bertz CT molecular complexity index is 1350. The molecular formula is C28H24F4N2O. The number of aryl methyl sites for hydroxylation is 1. The molecule has 0 aliphatic heterocycles. The minimum atomic E-state index is -4.38. The van der Waals surface area contributed by atoms with Crippen molar-refractivity contribution in [3.05, 3.63) is 113 Å². The summed E-state index contributed by atoms with van der Waals surface area (Å²) in [5, 5.41) is 4.22. The molecule has 180 valence electrons. The van der Waals surface area contributed by atoms with E-state index in [1.54, 1.807) is 12.1 Å². The molecule has 0 aliphatic rings. The predicted molar refractivity (Wildman–Crippen MR) is 129 cm³/mol. The lowest BCUT2D eigenvalue weighted by Crippen LogP contribution is -2.04. The van der Waals surface area contributed by atoms with Crippen molar-refractivity contribution in [2.24, 2.45) is 5.16 Å². The number of aromatic nitrogens is 1. The number of alkyl halides is 3. The highest BCUT2D eigenvalue weighted by Crippen LogP contribution is 2.31. The molecule has 0 saturated heterocycles. The van der Waals surface area contributed by atoms with E-state index in [0.29, 0.717) is 11.3 Å². The zero-order chi connectivity index (χ0) is 25.2. The minimum absolute atomic E-state index is 0.0396. The van der Waals surface area contributed by atoms with E-state index < -0.39 is 11.7 Å². The molecule has 0 atom stereocenters. The second-order valence-corrected chi connectivity index (χ2v) is 8.35. The number of halogens is 4. The third kappa shape index (κ3) is 5.45. The zero-order valence-electron chi connectivity index (χ0n) is 19.5. The zero-order valence-corrected chi connectivity index (χ0v) is 19.5. The van der Waals surface area contributed by atoms with Crippen molar-refractivity contribution < 1.29 is 22.4 Å². The fraction of sp³-hybridized carbons (Fsp3) is 0.179. The Hall–Kier alpha value is -3.87. The molecule has 1 aromatic heterocycles. The lowest BCUT2D eigenvalue weighted by atomic mass is 10.1. The standard InChI is InChI=1S/C28H24F4N2O/c1-18-5-4-6-25(15-18)34-20(3)26(16-27(34)22-9-13-24(29)14-10-22)19(2)33-35-17-21-7-11-23(12-8-21)28(30,31)32/h4-16H,17H2,1-3H3/b33-19+. The molecule has 0 fully saturated rings. The number of oxime groups is 1. The molecule has 0 saturated carbocycles. The van der Waals surface area contributed by atoms with Crippen LogP contribution < -0.4 is 0 Å². The smallest absolute Gasteiger partial charge is 0.391 e. The summed E-state index contributed by atoms with van der Waals surface area (Å²) in [6.07, 6.45) is -4.38. The van der Waals surface area contributed by atoms with Crippen LogP contribution in [0.25, 0.3) is 16.9 Å². The van der Waals surface area contributed by atoms with Gasteiger partial charge < -0.3 is 9.40 Å². The van der Waals surface area contributed by atoms with Gasteiger partial charge in [-0.1, -0.05) is 29.4 Å². The molecule has 3 aromatic carbocycles. The van der Waals surface area contributed by atoms with Crippen molar-refractivity contribution in [2.45, 2.75) is 33.6 Å². The molecule has 0 unspecified atom stereocenters. The third-order valence-electron chi connectivity index (χ3n) is 5.75. The molecule has 4 aromatic rings. The SMILES string of the molecule is C/C(=N\OCc1ccc(C(F)(F)F)cc1)c1cc(-c2ccc(F)cc2)n(-c2cccc(C)c2)c1C. The molecular weight excluding hydrogens is 456 g/mol. The lowest BCUT2D eigenvalue weighted by molar-refractivity contribution is -0.137. The molecule has 0 spiro atoms. The van der Waals surface area contributed by atoms with E-state index in [1.807, 2.05) is 45.0 Å². The van der Waals surface area contributed by atoms with E-state index in [9.17, 15) is 17.6 Å². The minimum Gasteiger partial charge on any atom is -0.391 e. The molecule has 0 aliphatic carbocycles. The van der Waals surface area contributed by atoms with Gasteiger partial charge in [-0.3, -0.25) is 0 Å². The number of benzene rings is 3. The Morgan fingerprint density at radius 2 is 1.60 bits per heavy atom. The number of hydrogen-bond acceptors (Lipinski definition) is 2. The van der Waals surface area contributed by atoms with Crippen molar-refractivity contribution in [1.82, 2.24) is 4.57 Å². The molecule has 0 bridgehead atoms. The quantitative estimate of drug-likeness (QED) is 0.157. The summed E-state index contributed by atoms with van der Waals surface area (Å²) < 4.78 is 53.9. The van der Waals surface area contributed by atoms with Gasteiger partial charge in [0.15, 0.2) is 0 Å². The van der Waals surface area contributed by atoms with Gasteiger partial charge in [0.05, 0.1) is 17.0 Å². The summed E-state index contributed by atoms with van der Waals surface area (Å²) in [6.45, 7) is 5.84. The van der Waals surface area contributed by atoms with Crippen LogP contribution in [0.2, 0.25) is 0 Å².